The lowest BCUT2D eigenvalue weighted by molar-refractivity contribution is -0.125. The molecule has 1 aromatic carbocycles. The largest absolute Gasteiger partial charge is 0.445 e. The van der Waals surface area contributed by atoms with Gasteiger partial charge < -0.3 is 24.9 Å². The fraction of sp³-hybridized carbons (Fsp3) is 0.500. The lowest BCUT2D eigenvalue weighted by Crippen LogP contribution is -2.50. The van der Waals surface area contributed by atoms with Crippen LogP contribution in [0.25, 0.3) is 11.5 Å². The summed E-state index contributed by atoms with van der Waals surface area (Å²) in [5.41, 5.74) is 1.47. The summed E-state index contributed by atoms with van der Waals surface area (Å²) in [7, 11) is 0. The van der Waals surface area contributed by atoms with Crippen LogP contribution in [0, 0.1) is 12.3 Å². The van der Waals surface area contributed by atoms with Crippen LogP contribution in [0.3, 0.4) is 0 Å². The minimum atomic E-state index is -1.48. The van der Waals surface area contributed by atoms with Crippen molar-refractivity contribution in [3.8, 4) is 11.5 Å². The molecule has 200 valence electrons. The second-order valence-corrected chi connectivity index (χ2v) is 10.1. The van der Waals surface area contributed by atoms with Crippen LogP contribution >= 0.6 is 0 Å². The Hall–Kier alpha value is -3.73. The molecule has 0 radical (unpaired) electrons. The lowest BCUT2D eigenvalue weighted by Gasteiger charge is -2.30. The zero-order valence-electron chi connectivity index (χ0n) is 21.9. The number of anilines is 1. The van der Waals surface area contributed by atoms with Crippen molar-refractivity contribution in [1.82, 2.24) is 25.7 Å². The fourth-order valence-electron chi connectivity index (χ4n) is 3.59. The molecular formula is C26H36N6O5. The molecule has 2 amide bonds. The van der Waals surface area contributed by atoms with Gasteiger partial charge in [-0.1, -0.05) is 58.2 Å². The third kappa shape index (κ3) is 8.14. The molecule has 2 heterocycles. The Morgan fingerprint density at radius 2 is 1.89 bits per heavy atom. The lowest BCUT2D eigenvalue weighted by atomic mass is 9.87. The number of hydrogen-bond donors (Lipinski definition) is 4. The van der Waals surface area contributed by atoms with E-state index in [4.69, 9.17) is 9.15 Å². The van der Waals surface area contributed by atoms with Crippen LogP contribution in [0.2, 0.25) is 0 Å². The van der Waals surface area contributed by atoms with Gasteiger partial charge >= 0.3 is 6.09 Å². The maximum absolute atomic E-state index is 12.9. The number of unbranched alkanes of at least 4 members (excludes halogenated alkanes) is 1. The maximum Gasteiger partial charge on any atom is 0.407 e. The number of amides is 2. The summed E-state index contributed by atoms with van der Waals surface area (Å²) in [5.74, 6) is 0.411. The molecule has 0 unspecified atom stereocenters. The number of aryl methyl sites for hydroxylation is 1. The van der Waals surface area contributed by atoms with Crippen LogP contribution in [-0.2, 0) is 16.0 Å². The van der Waals surface area contributed by atoms with Crippen LogP contribution in [-0.4, -0.2) is 55.8 Å². The number of hydrogen-bond acceptors (Lipinski definition) is 8. The molecule has 0 saturated carbocycles. The molecule has 3 aromatic rings. The summed E-state index contributed by atoms with van der Waals surface area (Å²) in [6.45, 7) is 9.78. The number of ether oxygens (including phenoxy) is 1. The fourth-order valence-corrected chi connectivity index (χ4v) is 3.59. The van der Waals surface area contributed by atoms with Crippen LogP contribution in [0.15, 0.2) is 40.9 Å². The summed E-state index contributed by atoms with van der Waals surface area (Å²) < 4.78 is 11.6. The number of H-pyrrole nitrogens is 1. The van der Waals surface area contributed by atoms with Crippen molar-refractivity contribution in [3.63, 3.8) is 0 Å². The Bertz CT molecular complexity index is 1140. The Labute approximate surface area is 216 Å². The Morgan fingerprint density at radius 3 is 2.51 bits per heavy atom. The second kappa shape index (κ2) is 12.5. The molecule has 0 saturated heterocycles. The van der Waals surface area contributed by atoms with Gasteiger partial charge in [0.1, 0.15) is 11.9 Å². The average Bonchev–Trinajstić information content (AvgIpc) is 3.53. The Balaban J connectivity index is 1.66. The van der Waals surface area contributed by atoms with Crippen molar-refractivity contribution in [2.24, 2.45) is 5.41 Å². The third-order valence-corrected chi connectivity index (χ3v) is 5.92. The minimum absolute atomic E-state index is 0.207. The summed E-state index contributed by atoms with van der Waals surface area (Å²) in [6.07, 6.45) is 0.772. The first-order valence-electron chi connectivity index (χ1n) is 12.4. The second-order valence-electron chi connectivity index (χ2n) is 10.1. The zero-order valence-corrected chi connectivity index (χ0v) is 21.9. The number of rotatable bonds is 11. The third-order valence-electron chi connectivity index (χ3n) is 5.92. The van der Waals surface area contributed by atoms with Gasteiger partial charge in [-0.3, -0.25) is 9.89 Å². The molecule has 0 aliphatic rings. The van der Waals surface area contributed by atoms with Crippen LogP contribution in [0.4, 0.5) is 10.6 Å². The number of aliphatic hydroxyl groups excluding tert-OH is 1. The molecule has 3 rings (SSSR count). The molecule has 37 heavy (non-hydrogen) atoms. The highest BCUT2D eigenvalue weighted by molar-refractivity contribution is 5.94. The van der Waals surface area contributed by atoms with E-state index < -0.39 is 35.7 Å². The molecule has 2 aromatic heterocycles. The maximum atomic E-state index is 12.9. The van der Waals surface area contributed by atoms with Gasteiger partial charge in [0, 0.05) is 11.6 Å². The minimum Gasteiger partial charge on any atom is -0.445 e. The molecule has 11 nitrogen and oxygen atoms in total. The number of aromatic nitrogens is 4. The molecular weight excluding hydrogens is 476 g/mol. The van der Waals surface area contributed by atoms with Gasteiger partial charge in [-0.15, -0.1) is 10.2 Å². The number of aliphatic hydroxyl groups is 1. The molecule has 3 atom stereocenters. The standard InChI is InChI=1S/C26H36N6O5/c1-6-7-8-18(22(33)23(34)29-20-13-14-27-30-20)28-25(35)36-19(26(3,4)5)15-21-31-32-24(37-21)17-11-9-16(2)10-12-17/h9-14,18-19,22,33H,6-8,15H2,1-5H3,(H,28,35)(H2,27,29,30,34)/t18-,19+,22+/m0/s1. The monoisotopic (exact) mass is 512 g/mol. The first kappa shape index (κ1) is 27.9. The van der Waals surface area contributed by atoms with Crippen molar-refractivity contribution >= 4 is 17.8 Å². The van der Waals surface area contributed by atoms with E-state index in [0.717, 1.165) is 17.5 Å². The zero-order chi connectivity index (χ0) is 27.0. The molecule has 4 N–H and O–H groups in total. The van der Waals surface area contributed by atoms with Gasteiger partial charge in [-0.2, -0.15) is 5.10 Å². The summed E-state index contributed by atoms with van der Waals surface area (Å²) >= 11 is 0. The van der Waals surface area contributed by atoms with Gasteiger partial charge in [0.2, 0.25) is 11.8 Å². The van der Waals surface area contributed by atoms with Gasteiger partial charge in [0.15, 0.2) is 6.10 Å². The molecule has 11 heteroatoms. The number of aromatic amines is 1. The van der Waals surface area contributed by atoms with Crippen molar-refractivity contribution < 1.29 is 23.8 Å². The van der Waals surface area contributed by atoms with Gasteiger partial charge in [0.25, 0.3) is 5.91 Å². The molecule has 0 bridgehead atoms. The van der Waals surface area contributed by atoms with Crippen molar-refractivity contribution in [2.75, 3.05) is 5.32 Å². The van der Waals surface area contributed by atoms with E-state index >= 15 is 0 Å². The van der Waals surface area contributed by atoms with E-state index in [9.17, 15) is 14.7 Å². The highest BCUT2D eigenvalue weighted by Crippen LogP contribution is 2.27. The Morgan fingerprint density at radius 1 is 1.16 bits per heavy atom. The highest BCUT2D eigenvalue weighted by atomic mass is 16.6. The van der Waals surface area contributed by atoms with Crippen molar-refractivity contribution in [3.05, 3.63) is 48.0 Å². The molecule has 0 aliphatic heterocycles. The molecule has 0 fully saturated rings. The van der Waals surface area contributed by atoms with Crippen molar-refractivity contribution in [2.45, 2.75) is 78.6 Å². The number of carbonyl (C=O) groups excluding carboxylic acids is 2. The average molecular weight is 513 g/mol. The first-order valence-corrected chi connectivity index (χ1v) is 12.4. The highest BCUT2D eigenvalue weighted by Gasteiger charge is 2.33. The van der Waals surface area contributed by atoms with Gasteiger partial charge in [0.05, 0.1) is 18.7 Å². The summed E-state index contributed by atoms with van der Waals surface area (Å²) in [6, 6.07) is 8.45. The predicted octanol–water partition coefficient (Wildman–Crippen LogP) is 4.01. The SMILES string of the molecule is CCCC[C@H](NC(=O)O[C@H](Cc1nnc(-c2ccc(C)cc2)o1)C(C)(C)C)[C@@H](O)C(=O)Nc1ccn[nH]1. The quantitative estimate of drug-likeness (QED) is 0.300. The number of nitrogens with zero attached hydrogens (tertiary/aromatic N) is 3. The van der Waals surface area contributed by atoms with E-state index in [1.54, 1.807) is 6.07 Å². The molecule has 0 aliphatic carbocycles. The molecule has 0 spiro atoms. The van der Waals surface area contributed by atoms with Gasteiger partial charge in [-0.25, -0.2) is 4.79 Å². The summed E-state index contributed by atoms with van der Waals surface area (Å²) in [4.78, 5) is 25.4. The number of nitrogens with one attached hydrogen (secondary N) is 3. The smallest absolute Gasteiger partial charge is 0.407 e. The van der Waals surface area contributed by atoms with Crippen LogP contribution in [0.1, 0.15) is 58.4 Å². The first-order chi connectivity index (χ1) is 17.6. The number of alkyl carbamates (subject to hydrolysis) is 1. The summed E-state index contributed by atoms with van der Waals surface area (Å²) in [5, 5.41) is 30.5. The van der Waals surface area contributed by atoms with Gasteiger partial charge in [-0.05, 0) is 30.9 Å². The van der Waals surface area contributed by atoms with E-state index in [1.807, 2.05) is 58.9 Å². The van der Waals surface area contributed by atoms with Crippen molar-refractivity contribution in [1.29, 1.82) is 0 Å². The topological polar surface area (TPSA) is 155 Å². The predicted molar refractivity (Wildman–Crippen MR) is 138 cm³/mol. The van der Waals surface area contributed by atoms with E-state index in [-0.39, 0.29) is 6.42 Å². The van der Waals surface area contributed by atoms with Crippen LogP contribution in [0.5, 0.6) is 0 Å². The number of carbonyl (C=O) groups is 2. The normalized spacial score (nSPS) is 14.0. The van der Waals surface area contributed by atoms with E-state index in [2.05, 4.69) is 31.0 Å². The van der Waals surface area contributed by atoms with Crippen LogP contribution < -0.4 is 10.6 Å². The number of benzene rings is 1. The Kier molecular flexibility index (Phi) is 9.40. The van der Waals surface area contributed by atoms with E-state index in [1.165, 1.54) is 6.20 Å². The van der Waals surface area contributed by atoms with E-state index in [0.29, 0.717) is 30.4 Å².